The van der Waals surface area contributed by atoms with E-state index in [0.29, 0.717) is 5.25 Å². The van der Waals surface area contributed by atoms with Gasteiger partial charge in [0.15, 0.2) is 0 Å². The van der Waals surface area contributed by atoms with E-state index >= 15 is 0 Å². The van der Waals surface area contributed by atoms with Crippen LogP contribution in [0.4, 0.5) is 0 Å². The molecule has 0 nitrogen and oxygen atoms in total. The highest BCUT2D eigenvalue weighted by molar-refractivity contribution is 8.00. The maximum Gasteiger partial charge on any atom is 0.0629 e. The largest absolute Gasteiger partial charge is 0.145 e. The monoisotopic (exact) mass is 112 g/mol. The molecule has 0 aromatic heterocycles. The minimum atomic E-state index is 0.591. The molecule has 1 atom stereocenters. The summed E-state index contributed by atoms with van der Waals surface area (Å²) in [6, 6.07) is 0. The molecule has 38 valence electrons. The van der Waals surface area contributed by atoms with Gasteiger partial charge in [-0.3, -0.25) is 0 Å². The van der Waals surface area contributed by atoms with Crippen LogP contribution in [0.2, 0.25) is 0 Å². The van der Waals surface area contributed by atoms with Crippen LogP contribution in [0.25, 0.3) is 0 Å². The zero-order valence-electron chi connectivity index (χ0n) is 4.40. The predicted octanol–water partition coefficient (Wildman–Crippen LogP) is 1.52. The molecule has 1 aliphatic heterocycles. The summed E-state index contributed by atoms with van der Waals surface area (Å²) in [5.41, 5.74) is 0. The normalized spacial score (nSPS) is 28.4. The molecule has 0 saturated carbocycles. The van der Waals surface area contributed by atoms with Gasteiger partial charge in [-0.25, -0.2) is 0 Å². The lowest BCUT2D eigenvalue weighted by Crippen LogP contribution is -1.96. The molecule has 0 bridgehead atoms. The van der Waals surface area contributed by atoms with Gasteiger partial charge in [0.1, 0.15) is 0 Å². The van der Waals surface area contributed by atoms with E-state index in [1.54, 1.807) is 0 Å². The summed E-state index contributed by atoms with van der Waals surface area (Å²) in [6.45, 7) is 2.15. The van der Waals surface area contributed by atoms with Gasteiger partial charge in [-0.2, -0.15) is 0 Å². The second-order valence-corrected chi connectivity index (χ2v) is 3.03. The van der Waals surface area contributed by atoms with E-state index < -0.39 is 0 Å². The molecule has 1 rings (SSSR count). The molecule has 0 N–H and O–H groups in total. The van der Waals surface area contributed by atoms with Crippen LogP contribution in [0, 0.1) is 11.8 Å². The first-order valence-corrected chi connectivity index (χ1v) is 3.54. The third-order valence-electron chi connectivity index (χ3n) is 0.900. The summed E-state index contributed by atoms with van der Waals surface area (Å²) >= 11 is 1.94. The van der Waals surface area contributed by atoms with E-state index in [9.17, 15) is 0 Å². The fourth-order valence-electron chi connectivity index (χ4n) is 0.544. The van der Waals surface area contributed by atoms with Crippen molar-refractivity contribution in [3.8, 4) is 11.8 Å². The highest BCUT2D eigenvalue weighted by atomic mass is 32.2. The SMILES string of the molecule is CC1C#CCCS1. The van der Waals surface area contributed by atoms with E-state index in [1.165, 1.54) is 5.75 Å². The van der Waals surface area contributed by atoms with Gasteiger partial charge < -0.3 is 0 Å². The molecular weight excluding hydrogens is 104 g/mol. The third-order valence-corrected chi connectivity index (χ3v) is 1.96. The zero-order chi connectivity index (χ0) is 5.11. The fraction of sp³-hybridized carbons (Fsp3) is 0.667. The van der Waals surface area contributed by atoms with Crippen molar-refractivity contribution in [3.05, 3.63) is 0 Å². The first kappa shape index (κ1) is 5.05. The highest BCUT2D eigenvalue weighted by Crippen LogP contribution is 2.12. The molecule has 0 fully saturated rings. The van der Waals surface area contributed by atoms with Gasteiger partial charge >= 0.3 is 0 Å². The summed E-state index contributed by atoms with van der Waals surface area (Å²) in [5, 5.41) is 0.591. The minimum Gasteiger partial charge on any atom is -0.145 e. The Hall–Kier alpha value is -0.0900. The Morgan fingerprint density at radius 2 is 2.57 bits per heavy atom. The molecule has 1 heterocycles. The van der Waals surface area contributed by atoms with Gasteiger partial charge in [0, 0.05) is 12.2 Å². The van der Waals surface area contributed by atoms with Crippen LogP contribution >= 0.6 is 11.8 Å². The van der Waals surface area contributed by atoms with E-state index in [1.807, 2.05) is 11.8 Å². The summed E-state index contributed by atoms with van der Waals surface area (Å²) in [7, 11) is 0. The van der Waals surface area contributed by atoms with Gasteiger partial charge in [0.2, 0.25) is 0 Å². The Morgan fingerprint density at radius 1 is 1.71 bits per heavy atom. The molecule has 1 heteroatoms. The molecule has 0 amide bonds. The second kappa shape index (κ2) is 2.28. The molecule has 0 saturated heterocycles. The van der Waals surface area contributed by atoms with Crippen molar-refractivity contribution < 1.29 is 0 Å². The smallest absolute Gasteiger partial charge is 0.0629 e. The minimum absolute atomic E-state index is 0.591. The van der Waals surface area contributed by atoms with Crippen molar-refractivity contribution >= 4 is 11.8 Å². The summed E-state index contributed by atoms with van der Waals surface area (Å²) in [5.74, 6) is 7.39. The molecule has 7 heavy (non-hydrogen) atoms. The second-order valence-electron chi connectivity index (χ2n) is 1.58. The number of rotatable bonds is 0. The molecule has 0 radical (unpaired) electrons. The summed E-state index contributed by atoms with van der Waals surface area (Å²) in [4.78, 5) is 0. The standard InChI is InChI=1S/C6H8S/c1-6-4-2-3-5-7-6/h6H,3,5H2,1H3. The van der Waals surface area contributed by atoms with Crippen molar-refractivity contribution in [2.24, 2.45) is 0 Å². The van der Waals surface area contributed by atoms with Gasteiger partial charge in [0.05, 0.1) is 5.25 Å². The highest BCUT2D eigenvalue weighted by Gasteiger charge is 1.98. The first-order valence-electron chi connectivity index (χ1n) is 2.49. The number of hydrogen-bond donors (Lipinski definition) is 0. The van der Waals surface area contributed by atoms with Crippen LogP contribution in [0.3, 0.4) is 0 Å². The molecule has 1 aliphatic rings. The van der Waals surface area contributed by atoms with E-state index in [0.717, 1.165) is 6.42 Å². The number of thioether (sulfide) groups is 1. The van der Waals surface area contributed by atoms with Gasteiger partial charge in [-0.1, -0.05) is 5.92 Å². The lowest BCUT2D eigenvalue weighted by atomic mass is 10.4. The van der Waals surface area contributed by atoms with Crippen molar-refractivity contribution in [2.75, 3.05) is 5.75 Å². The molecule has 0 aliphatic carbocycles. The maximum absolute atomic E-state index is 3.09. The molecule has 0 aromatic carbocycles. The lowest BCUT2D eigenvalue weighted by Gasteiger charge is -2.04. The van der Waals surface area contributed by atoms with Crippen LogP contribution < -0.4 is 0 Å². The summed E-state index contributed by atoms with van der Waals surface area (Å²) < 4.78 is 0. The van der Waals surface area contributed by atoms with Gasteiger partial charge in [-0.15, -0.1) is 17.7 Å². The quantitative estimate of drug-likeness (QED) is 0.428. The van der Waals surface area contributed by atoms with Crippen molar-refractivity contribution in [3.63, 3.8) is 0 Å². The summed E-state index contributed by atoms with van der Waals surface area (Å²) in [6.07, 6.45) is 1.09. The topological polar surface area (TPSA) is 0 Å². The van der Waals surface area contributed by atoms with Crippen LogP contribution in [0.1, 0.15) is 13.3 Å². The molecule has 0 aromatic rings. The Morgan fingerprint density at radius 3 is 2.86 bits per heavy atom. The van der Waals surface area contributed by atoms with Crippen LogP contribution in [-0.2, 0) is 0 Å². The van der Waals surface area contributed by atoms with Crippen molar-refractivity contribution in [1.29, 1.82) is 0 Å². The number of hydrogen-bond acceptors (Lipinski definition) is 1. The van der Waals surface area contributed by atoms with Crippen LogP contribution in [0.15, 0.2) is 0 Å². The van der Waals surface area contributed by atoms with Gasteiger partial charge in [0.25, 0.3) is 0 Å². The zero-order valence-corrected chi connectivity index (χ0v) is 5.22. The predicted molar refractivity (Wildman–Crippen MR) is 34.3 cm³/mol. The van der Waals surface area contributed by atoms with Crippen molar-refractivity contribution in [2.45, 2.75) is 18.6 Å². The average molecular weight is 112 g/mol. The Labute approximate surface area is 48.7 Å². The average Bonchev–Trinajstić information content (AvgIpc) is 1.69. The van der Waals surface area contributed by atoms with Gasteiger partial charge in [-0.05, 0) is 6.92 Å². The lowest BCUT2D eigenvalue weighted by molar-refractivity contribution is 1.20. The van der Waals surface area contributed by atoms with E-state index in [2.05, 4.69) is 18.8 Å². The molecular formula is C6H8S. The Bertz CT molecular complexity index is 107. The molecule has 1 unspecified atom stereocenters. The Balaban J connectivity index is 2.45. The van der Waals surface area contributed by atoms with E-state index in [4.69, 9.17) is 0 Å². The van der Waals surface area contributed by atoms with Crippen LogP contribution in [0.5, 0.6) is 0 Å². The molecule has 0 spiro atoms. The third kappa shape index (κ3) is 1.44. The van der Waals surface area contributed by atoms with E-state index in [-0.39, 0.29) is 0 Å². The van der Waals surface area contributed by atoms with Crippen molar-refractivity contribution in [1.82, 2.24) is 0 Å². The first-order chi connectivity index (χ1) is 3.39. The Kier molecular flexibility index (Phi) is 1.64. The maximum atomic E-state index is 3.09. The fourth-order valence-corrected chi connectivity index (χ4v) is 1.28. The van der Waals surface area contributed by atoms with Crippen LogP contribution in [-0.4, -0.2) is 11.0 Å².